The lowest BCUT2D eigenvalue weighted by Gasteiger charge is -2.14. The molecule has 0 saturated carbocycles. The number of hydrogen-bond donors (Lipinski definition) is 0. The molecule has 0 amide bonds. The first-order valence-electron chi connectivity index (χ1n) is 15.4. The van der Waals surface area contributed by atoms with E-state index >= 15 is 0 Å². The molecule has 1 aromatic heterocycles. The Balaban J connectivity index is 1.22. The van der Waals surface area contributed by atoms with E-state index in [-0.39, 0.29) is 0 Å². The van der Waals surface area contributed by atoms with E-state index in [1.807, 2.05) is 42.5 Å². The van der Waals surface area contributed by atoms with Gasteiger partial charge in [-0.2, -0.15) is 10.5 Å². The second kappa shape index (κ2) is 11.6. The lowest BCUT2D eigenvalue weighted by atomic mass is 9.90. The average Bonchev–Trinajstić information content (AvgIpc) is 3.54. The van der Waals surface area contributed by atoms with Crippen LogP contribution in [0.2, 0.25) is 0 Å². The van der Waals surface area contributed by atoms with Crippen LogP contribution in [-0.2, 0) is 0 Å². The molecular formula is C43H26N4. The molecule has 0 spiro atoms. The number of imidazole rings is 1. The van der Waals surface area contributed by atoms with E-state index in [4.69, 9.17) is 4.98 Å². The Morgan fingerprint density at radius 2 is 1.06 bits per heavy atom. The van der Waals surface area contributed by atoms with E-state index in [9.17, 15) is 10.5 Å². The van der Waals surface area contributed by atoms with Crippen LogP contribution in [0, 0.1) is 22.7 Å². The van der Waals surface area contributed by atoms with Crippen molar-refractivity contribution in [1.82, 2.24) is 9.55 Å². The van der Waals surface area contributed by atoms with Gasteiger partial charge in [-0.3, -0.25) is 4.57 Å². The van der Waals surface area contributed by atoms with Gasteiger partial charge >= 0.3 is 0 Å². The topological polar surface area (TPSA) is 65.4 Å². The van der Waals surface area contributed by atoms with E-state index in [1.54, 1.807) is 6.07 Å². The third-order valence-corrected chi connectivity index (χ3v) is 8.65. The Morgan fingerprint density at radius 3 is 1.81 bits per heavy atom. The maximum absolute atomic E-state index is 9.91. The number of hydrogen-bond acceptors (Lipinski definition) is 3. The van der Waals surface area contributed by atoms with Gasteiger partial charge in [0.1, 0.15) is 5.82 Å². The normalized spacial score (nSPS) is 10.9. The average molecular weight is 599 g/mol. The van der Waals surface area contributed by atoms with E-state index in [2.05, 4.69) is 126 Å². The zero-order valence-electron chi connectivity index (χ0n) is 25.3. The Bertz CT molecular complexity index is 2530. The molecule has 0 aliphatic carbocycles. The molecule has 0 aliphatic heterocycles. The van der Waals surface area contributed by atoms with E-state index in [1.165, 1.54) is 0 Å². The quantitative estimate of drug-likeness (QED) is 0.198. The maximum atomic E-state index is 9.91. The fourth-order valence-electron chi connectivity index (χ4n) is 6.44. The lowest BCUT2D eigenvalue weighted by molar-refractivity contribution is 1.10. The van der Waals surface area contributed by atoms with Crippen molar-refractivity contribution >= 4 is 21.8 Å². The van der Waals surface area contributed by atoms with Gasteiger partial charge in [0.05, 0.1) is 34.3 Å². The summed E-state index contributed by atoms with van der Waals surface area (Å²) in [6, 6.07) is 57.9. The summed E-state index contributed by atoms with van der Waals surface area (Å²) in [4.78, 5) is 5.03. The largest absolute Gasteiger partial charge is 0.292 e. The van der Waals surface area contributed by atoms with Crippen LogP contribution < -0.4 is 0 Å². The lowest BCUT2D eigenvalue weighted by Crippen LogP contribution is -1.97. The van der Waals surface area contributed by atoms with Gasteiger partial charge in [-0.25, -0.2) is 4.98 Å². The molecular weight excluding hydrogens is 573 g/mol. The van der Waals surface area contributed by atoms with Crippen molar-refractivity contribution in [2.75, 3.05) is 0 Å². The standard InChI is InChI=1S/C43H26N4/c44-27-29-9-8-10-33(23-29)34-24-30(28-45)25-35(26-34)38-22-21-37(39-13-4-5-14-40(38)39)31-17-19-32(20-18-31)43-46-41-15-6-7-16-42(41)47(43)36-11-2-1-3-12-36/h1-26H. The van der Waals surface area contributed by atoms with Crippen LogP contribution in [0.4, 0.5) is 0 Å². The molecule has 8 rings (SSSR count). The van der Waals surface area contributed by atoms with Crippen LogP contribution in [0.5, 0.6) is 0 Å². The summed E-state index contributed by atoms with van der Waals surface area (Å²) < 4.78 is 2.22. The molecule has 4 heteroatoms. The first kappa shape index (κ1) is 27.8. The highest BCUT2D eigenvalue weighted by Gasteiger charge is 2.16. The van der Waals surface area contributed by atoms with Gasteiger partial charge in [0.15, 0.2) is 0 Å². The smallest absolute Gasteiger partial charge is 0.145 e. The number of rotatable bonds is 5. The number of fused-ring (bicyclic) bond motifs is 2. The van der Waals surface area contributed by atoms with Crippen LogP contribution in [0.25, 0.3) is 72.3 Å². The molecule has 4 nitrogen and oxygen atoms in total. The first-order valence-corrected chi connectivity index (χ1v) is 15.4. The fraction of sp³-hybridized carbons (Fsp3) is 0. The van der Waals surface area contributed by atoms with Crippen LogP contribution in [-0.4, -0.2) is 9.55 Å². The molecule has 0 saturated heterocycles. The summed E-state index contributed by atoms with van der Waals surface area (Å²) in [7, 11) is 0. The van der Waals surface area contributed by atoms with Crippen molar-refractivity contribution < 1.29 is 0 Å². The molecule has 0 N–H and O–H groups in total. The second-order valence-corrected chi connectivity index (χ2v) is 11.5. The van der Waals surface area contributed by atoms with E-state index in [0.717, 1.165) is 72.3 Å². The number of nitrogens with zero attached hydrogens (tertiary/aromatic N) is 4. The summed E-state index contributed by atoms with van der Waals surface area (Å²) >= 11 is 0. The SMILES string of the molecule is N#Cc1cccc(-c2cc(C#N)cc(-c3ccc(-c4ccc(-c5nc6ccccc6n5-c5ccccc5)cc4)c4ccccc34)c2)c1. The molecule has 218 valence electrons. The molecule has 47 heavy (non-hydrogen) atoms. The minimum atomic E-state index is 0.574. The number of aromatic nitrogens is 2. The third-order valence-electron chi connectivity index (χ3n) is 8.65. The van der Waals surface area contributed by atoms with Gasteiger partial charge in [-0.15, -0.1) is 0 Å². The molecule has 7 aromatic carbocycles. The fourth-order valence-corrected chi connectivity index (χ4v) is 6.44. The Morgan fingerprint density at radius 1 is 0.447 bits per heavy atom. The molecule has 8 aromatic rings. The van der Waals surface area contributed by atoms with Crippen molar-refractivity contribution in [2.24, 2.45) is 0 Å². The highest BCUT2D eigenvalue weighted by molar-refractivity contribution is 6.05. The summed E-state index contributed by atoms with van der Waals surface area (Å²) in [6.07, 6.45) is 0. The number of nitriles is 2. The second-order valence-electron chi connectivity index (χ2n) is 11.5. The summed E-state index contributed by atoms with van der Waals surface area (Å²) in [5, 5.41) is 21.6. The van der Waals surface area contributed by atoms with Crippen molar-refractivity contribution in [1.29, 1.82) is 10.5 Å². The van der Waals surface area contributed by atoms with Crippen LogP contribution in [0.1, 0.15) is 11.1 Å². The molecule has 0 fully saturated rings. The zero-order chi connectivity index (χ0) is 31.7. The van der Waals surface area contributed by atoms with Crippen molar-refractivity contribution in [2.45, 2.75) is 0 Å². The van der Waals surface area contributed by atoms with Gasteiger partial charge in [0.25, 0.3) is 0 Å². The number of para-hydroxylation sites is 3. The molecule has 0 atom stereocenters. The molecule has 0 unspecified atom stereocenters. The van der Waals surface area contributed by atoms with Crippen LogP contribution >= 0.6 is 0 Å². The van der Waals surface area contributed by atoms with E-state index < -0.39 is 0 Å². The Labute approximate surface area is 272 Å². The minimum absolute atomic E-state index is 0.574. The molecule has 0 radical (unpaired) electrons. The van der Waals surface area contributed by atoms with Gasteiger partial charge < -0.3 is 0 Å². The number of benzene rings is 7. The van der Waals surface area contributed by atoms with Gasteiger partial charge in [-0.05, 0) is 98.8 Å². The van der Waals surface area contributed by atoms with Gasteiger partial charge in [0.2, 0.25) is 0 Å². The van der Waals surface area contributed by atoms with Gasteiger partial charge in [-0.1, -0.05) is 103 Å². The molecule has 0 bridgehead atoms. The van der Waals surface area contributed by atoms with E-state index in [0.29, 0.717) is 11.1 Å². The van der Waals surface area contributed by atoms with Crippen molar-refractivity contribution in [3.05, 3.63) is 169 Å². The Hall–Kier alpha value is -6.75. The molecule has 0 aliphatic rings. The van der Waals surface area contributed by atoms with Gasteiger partial charge in [0, 0.05) is 11.3 Å². The van der Waals surface area contributed by atoms with Crippen molar-refractivity contribution in [3.8, 4) is 62.6 Å². The highest BCUT2D eigenvalue weighted by Crippen LogP contribution is 2.38. The summed E-state index contributed by atoms with van der Waals surface area (Å²) in [5.41, 5.74) is 11.4. The van der Waals surface area contributed by atoms with Crippen molar-refractivity contribution in [3.63, 3.8) is 0 Å². The maximum Gasteiger partial charge on any atom is 0.145 e. The summed E-state index contributed by atoms with van der Waals surface area (Å²) in [6.45, 7) is 0. The monoisotopic (exact) mass is 598 g/mol. The first-order chi connectivity index (χ1) is 23.2. The highest BCUT2D eigenvalue weighted by atomic mass is 15.1. The zero-order valence-corrected chi connectivity index (χ0v) is 25.3. The minimum Gasteiger partial charge on any atom is -0.292 e. The molecule has 1 heterocycles. The van der Waals surface area contributed by atoms with Crippen LogP contribution in [0.3, 0.4) is 0 Å². The third kappa shape index (κ3) is 5.01. The predicted octanol–water partition coefficient (Wildman–Crippen LogP) is 10.6. The Kier molecular flexibility index (Phi) is 6.88. The summed E-state index contributed by atoms with van der Waals surface area (Å²) in [5.74, 6) is 0.901. The predicted molar refractivity (Wildman–Crippen MR) is 190 cm³/mol. The van der Waals surface area contributed by atoms with Crippen LogP contribution in [0.15, 0.2) is 158 Å².